The normalized spacial score (nSPS) is 17.7. The molecular weight excluding hydrogens is 324 g/mol. The minimum Gasteiger partial charge on any atom is -0.355 e. The van der Waals surface area contributed by atoms with Crippen LogP contribution < -0.4 is 10.6 Å². The van der Waals surface area contributed by atoms with E-state index in [0.717, 1.165) is 30.4 Å². The van der Waals surface area contributed by atoms with E-state index in [-0.39, 0.29) is 5.91 Å². The molecule has 4 rings (SSSR count). The van der Waals surface area contributed by atoms with Crippen LogP contribution in [-0.2, 0) is 12.8 Å². The molecule has 1 saturated carbocycles. The summed E-state index contributed by atoms with van der Waals surface area (Å²) in [6.45, 7) is 2.35. The Bertz CT molecular complexity index is 783. The van der Waals surface area contributed by atoms with Crippen molar-refractivity contribution in [3.8, 4) is 0 Å². The lowest BCUT2D eigenvalue weighted by molar-refractivity contribution is 0.0963. The molecule has 0 saturated heterocycles. The average Bonchev–Trinajstić information content (AvgIpc) is 2.83. The summed E-state index contributed by atoms with van der Waals surface area (Å²) in [6, 6.07) is 11.1. The molecule has 1 aromatic carbocycles. The Labute approximate surface area is 154 Å². The molecule has 0 atom stereocenters. The molecule has 136 valence electrons. The number of benzene rings is 1. The second-order valence-corrected chi connectivity index (χ2v) is 7.24. The second-order valence-electron chi connectivity index (χ2n) is 7.24. The second kappa shape index (κ2) is 7.46. The number of carbonyl (C=O) groups excluding carboxylic acids is 1. The first kappa shape index (κ1) is 17.0. The van der Waals surface area contributed by atoms with E-state index in [9.17, 15) is 4.79 Å². The van der Waals surface area contributed by atoms with E-state index in [0.29, 0.717) is 5.56 Å². The van der Waals surface area contributed by atoms with Gasteiger partial charge in [0.05, 0.1) is 5.56 Å². The van der Waals surface area contributed by atoms with E-state index < -0.39 is 0 Å². The van der Waals surface area contributed by atoms with Crippen molar-refractivity contribution in [2.45, 2.75) is 38.1 Å². The summed E-state index contributed by atoms with van der Waals surface area (Å²) in [5.74, 6) is 0.632. The number of carbonyl (C=O) groups is 1. The molecule has 2 N–H and O–H groups in total. The average molecular weight is 350 g/mol. The third-order valence-electron chi connectivity index (χ3n) is 5.66. The van der Waals surface area contributed by atoms with Crippen molar-refractivity contribution in [1.29, 1.82) is 0 Å². The summed E-state index contributed by atoms with van der Waals surface area (Å²) in [5.41, 5.74) is 4.54. The zero-order chi connectivity index (χ0) is 17.9. The molecule has 1 aromatic heterocycles. The van der Waals surface area contributed by atoms with E-state index in [2.05, 4.69) is 38.7 Å². The Hall–Kier alpha value is -2.40. The molecule has 0 bridgehead atoms. The fourth-order valence-electron chi connectivity index (χ4n) is 3.83. The van der Waals surface area contributed by atoms with Gasteiger partial charge >= 0.3 is 0 Å². The Morgan fingerprint density at radius 3 is 2.58 bits per heavy atom. The van der Waals surface area contributed by atoms with Crippen LogP contribution in [0.3, 0.4) is 0 Å². The van der Waals surface area contributed by atoms with E-state index in [1.807, 2.05) is 6.07 Å². The lowest BCUT2D eigenvalue weighted by atomic mass is 9.91. The summed E-state index contributed by atoms with van der Waals surface area (Å²) in [6.07, 6.45) is 8.01. The molecule has 1 aliphatic carbocycles. The molecule has 26 heavy (non-hydrogen) atoms. The highest BCUT2D eigenvalue weighted by Crippen LogP contribution is 2.28. The van der Waals surface area contributed by atoms with Gasteiger partial charge in [-0.05, 0) is 61.1 Å². The van der Waals surface area contributed by atoms with Gasteiger partial charge in [0.1, 0.15) is 5.82 Å². The molecule has 2 heterocycles. The van der Waals surface area contributed by atoms with E-state index in [1.54, 1.807) is 19.3 Å². The molecule has 1 fully saturated rings. The highest BCUT2D eigenvalue weighted by molar-refractivity contribution is 5.93. The highest BCUT2D eigenvalue weighted by Gasteiger charge is 2.26. The van der Waals surface area contributed by atoms with Crippen LogP contribution in [0.1, 0.15) is 40.7 Å². The number of anilines is 2. The monoisotopic (exact) mass is 350 g/mol. The number of fused-ring (bicyclic) bond motifs is 1. The Kier molecular flexibility index (Phi) is 4.89. The number of pyridine rings is 1. The number of hydrogen-bond acceptors (Lipinski definition) is 4. The predicted octanol–water partition coefficient (Wildman–Crippen LogP) is 3.14. The fourth-order valence-corrected chi connectivity index (χ4v) is 3.83. The first-order valence-electron chi connectivity index (χ1n) is 9.54. The smallest absolute Gasteiger partial charge is 0.252 e. The molecule has 1 amide bonds. The van der Waals surface area contributed by atoms with Crippen LogP contribution in [0.2, 0.25) is 0 Å². The molecule has 2 aromatic rings. The van der Waals surface area contributed by atoms with Gasteiger partial charge < -0.3 is 10.6 Å². The molecule has 2 aliphatic rings. The minimum atomic E-state index is -0.120. The molecule has 5 nitrogen and oxygen atoms in total. The Balaban J connectivity index is 1.44. The lowest BCUT2D eigenvalue weighted by Crippen LogP contribution is -2.41. The van der Waals surface area contributed by atoms with E-state index >= 15 is 0 Å². The van der Waals surface area contributed by atoms with Gasteiger partial charge in [0.15, 0.2) is 0 Å². The van der Waals surface area contributed by atoms with Crippen LogP contribution >= 0.6 is 0 Å². The van der Waals surface area contributed by atoms with E-state index in [4.69, 9.17) is 0 Å². The topological polar surface area (TPSA) is 57.3 Å². The summed E-state index contributed by atoms with van der Waals surface area (Å²) in [4.78, 5) is 18.6. The van der Waals surface area contributed by atoms with Gasteiger partial charge in [-0.2, -0.15) is 0 Å². The van der Waals surface area contributed by atoms with Crippen molar-refractivity contribution in [1.82, 2.24) is 15.2 Å². The lowest BCUT2D eigenvalue weighted by Gasteiger charge is -2.36. The van der Waals surface area contributed by atoms with Crippen LogP contribution in [0.25, 0.3) is 0 Å². The number of nitrogens with zero attached hydrogens (tertiary/aromatic N) is 2. The number of rotatable bonds is 4. The van der Waals surface area contributed by atoms with Gasteiger partial charge in [-0.1, -0.05) is 12.5 Å². The standard InChI is InChI=1S/C21H26N4O/c1-22-21(26)17-6-8-20(23-14-17)24-18-7-5-15-9-11-25(19-3-2-4-19)12-10-16(15)13-18/h5-8,13-14,19H,2-4,9-12H2,1H3,(H,22,26)(H,23,24). The molecular formula is C21H26N4O. The van der Waals surface area contributed by atoms with Crippen LogP contribution in [0.4, 0.5) is 11.5 Å². The van der Waals surface area contributed by atoms with Gasteiger partial charge in [-0.25, -0.2) is 4.98 Å². The Morgan fingerprint density at radius 2 is 1.92 bits per heavy atom. The zero-order valence-electron chi connectivity index (χ0n) is 15.3. The molecule has 0 spiro atoms. The quantitative estimate of drug-likeness (QED) is 0.889. The van der Waals surface area contributed by atoms with Gasteiger partial charge in [0, 0.05) is 38.1 Å². The maximum Gasteiger partial charge on any atom is 0.252 e. The van der Waals surface area contributed by atoms with Gasteiger partial charge in [0.2, 0.25) is 0 Å². The number of nitrogens with one attached hydrogen (secondary N) is 2. The van der Waals surface area contributed by atoms with Crippen LogP contribution in [0.15, 0.2) is 36.5 Å². The maximum absolute atomic E-state index is 11.6. The van der Waals surface area contributed by atoms with Crippen molar-refractivity contribution >= 4 is 17.4 Å². The number of amides is 1. The molecule has 1 aliphatic heterocycles. The van der Waals surface area contributed by atoms with Gasteiger partial charge in [-0.15, -0.1) is 0 Å². The van der Waals surface area contributed by atoms with Crippen molar-refractivity contribution in [3.05, 3.63) is 53.2 Å². The van der Waals surface area contributed by atoms with Crippen LogP contribution in [0, 0.1) is 0 Å². The predicted molar refractivity (Wildman–Crippen MR) is 104 cm³/mol. The summed E-state index contributed by atoms with van der Waals surface area (Å²) < 4.78 is 0. The summed E-state index contributed by atoms with van der Waals surface area (Å²) >= 11 is 0. The minimum absolute atomic E-state index is 0.120. The first-order valence-corrected chi connectivity index (χ1v) is 9.54. The first-order chi connectivity index (χ1) is 12.7. The fraction of sp³-hybridized carbons (Fsp3) is 0.429. The molecule has 5 heteroatoms. The summed E-state index contributed by atoms with van der Waals surface area (Å²) in [7, 11) is 1.62. The molecule has 0 unspecified atom stereocenters. The van der Waals surface area contributed by atoms with Crippen molar-refractivity contribution in [3.63, 3.8) is 0 Å². The van der Waals surface area contributed by atoms with Crippen LogP contribution in [0.5, 0.6) is 0 Å². The van der Waals surface area contributed by atoms with Gasteiger partial charge in [-0.3, -0.25) is 9.69 Å². The highest BCUT2D eigenvalue weighted by atomic mass is 16.1. The number of hydrogen-bond donors (Lipinski definition) is 2. The largest absolute Gasteiger partial charge is 0.355 e. The van der Waals surface area contributed by atoms with Crippen molar-refractivity contribution < 1.29 is 4.79 Å². The number of aromatic nitrogens is 1. The Morgan fingerprint density at radius 1 is 1.12 bits per heavy atom. The van der Waals surface area contributed by atoms with Crippen molar-refractivity contribution in [2.75, 3.05) is 25.5 Å². The maximum atomic E-state index is 11.6. The third kappa shape index (κ3) is 3.58. The van der Waals surface area contributed by atoms with Crippen LogP contribution in [-0.4, -0.2) is 42.0 Å². The van der Waals surface area contributed by atoms with E-state index in [1.165, 1.54) is 43.5 Å². The zero-order valence-corrected chi connectivity index (χ0v) is 15.3. The molecule has 0 radical (unpaired) electrons. The third-order valence-corrected chi connectivity index (χ3v) is 5.66. The summed E-state index contributed by atoms with van der Waals surface area (Å²) in [5, 5.41) is 5.97. The van der Waals surface area contributed by atoms with Crippen molar-refractivity contribution in [2.24, 2.45) is 0 Å². The van der Waals surface area contributed by atoms with Gasteiger partial charge in [0.25, 0.3) is 5.91 Å². The SMILES string of the molecule is CNC(=O)c1ccc(Nc2ccc3c(c2)CCN(C2CCC2)CC3)nc1.